The predicted molar refractivity (Wildman–Crippen MR) is 149 cm³/mol. The van der Waals surface area contributed by atoms with Gasteiger partial charge < -0.3 is 19.7 Å². The molecule has 4 rings (SSSR count). The van der Waals surface area contributed by atoms with Crippen molar-refractivity contribution >= 4 is 33.4 Å². The molecular formula is C28H36BrN5O4. The highest BCUT2D eigenvalue weighted by molar-refractivity contribution is 9.10. The van der Waals surface area contributed by atoms with Gasteiger partial charge in [0.05, 0.1) is 17.7 Å². The molecule has 0 saturated carbocycles. The summed E-state index contributed by atoms with van der Waals surface area (Å²) in [6.07, 6.45) is 5.59. The summed E-state index contributed by atoms with van der Waals surface area (Å²) in [7, 11) is 1.60. The van der Waals surface area contributed by atoms with Crippen LogP contribution in [-0.4, -0.2) is 63.8 Å². The van der Waals surface area contributed by atoms with E-state index < -0.39 is 5.60 Å². The molecule has 1 fully saturated rings. The number of piperidine rings is 1. The topological polar surface area (TPSA) is 98.1 Å². The van der Waals surface area contributed by atoms with E-state index in [4.69, 9.17) is 14.6 Å². The molecular weight excluding hydrogens is 550 g/mol. The third-order valence-electron chi connectivity index (χ3n) is 6.63. The first-order valence-corrected chi connectivity index (χ1v) is 13.8. The highest BCUT2D eigenvalue weighted by Crippen LogP contribution is 2.33. The van der Waals surface area contributed by atoms with Gasteiger partial charge in [0.15, 0.2) is 0 Å². The number of nitrogens with zero attached hydrogens (tertiary/aromatic N) is 4. The van der Waals surface area contributed by atoms with Crippen LogP contribution in [0.3, 0.4) is 0 Å². The number of methoxy groups -OCH3 is 1. The normalized spacial score (nSPS) is 14.6. The van der Waals surface area contributed by atoms with Crippen LogP contribution in [0.25, 0.3) is 16.6 Å². The molecule has 1 aliphatic heterocycles. The quantitative estimate of drug-likeness (QED) is 0.407. The second-order valence-corrected chi connectivity index (χ2v) is 11.5. The first-order valence-electron chi connectivity index (χ1n) is 13.0. The van der Waals surface area contributed by atoms with Crippen LogP contribution in [0.15, 0.2) is 35.1 Å². The summed E-state index contributed by atoms with van der Waals surface area (Å²) in [5.41, 5.74) is 4.03. The minimum atomic E-state index is -0.517. The summed E-state index contributed by atoms with van der Waals surface area (Å²) < 4.78 is 13.7. The Morgan fingerprint density at radius 3 is 2.55 bits per heavy atom. The minimum absolute atomic E-state index is 0.197. The van der Waals surface area contributed by atoms with Crippen molar-refractivity contribution in [3.05, 3.63) is 52.0 Å². The SMILES string of the molecule is CCc1ccc2c(-c3cncc(Br)c3)c(C(=O)NCC3CCN(C(=O)OC(C)(C)C)CC3)c(COC)nn12. The summed E-state index contributed by atoms with van der Waals surface area (Å²) in [5.74, 6) is 0.0621. The van der Waals surface area contributed by atoms with Crippen molar-refractivity contribution in [2.45, 2.75) is 59.2 Å². The van der Waals surface area contributed by atoms with Crippen molar-refractivity contribution in [2.75, 3.05) is 26.7 Å². The fraction of sp³-hybridized carbons (Fsp3) is 0.500. The Hall–Kier alpha value is -2.98. The van der Waals surface area contributed by atoms with Crippen LogP contribution >= 0.6 is 15.9 Å². The monoisotopic (exact) mass is 585 g/mol. The number of aryl methyl sites for hydroxylation is 1. The Labute approximate surface area is 232 Å². The number of nitrogens with one attached hydrogen (secondary N) is 1. The fourth-order valence-corrected chi connectivity index (χ4v) is 5.15. The molecule has 0 aliphatic carbocycles. The van der Waals surface area contributed by atoms with Gasteiger partial charge in [-0.2, -0.15) is 5.10 Å². The van der Waals surface area contributed by atoms with Crippen molar-refractivity contribution in [1.82, 2.24) is 24.8 Å². The standard InChI is InChI=1S/C28H36BrN5O4/c1-6-21-7-8-23-24(19-13-20(29)16-30-15-19)25(22(17-37-5)32-34(21)23)26(35)31-14-18-9-11-33(12-10-18)27(36)38-28(2,3)4/h7-8,13,15-16,18H,6,9-12,14,17H2,1-5H3,(H,31,35). The Kier molecular flexibility index (Phi) is 8.72. The van der Waals surface area contributed by atoms with Gasteiger partial charge in [0, 0.05) is 60.4 Å². The zero-order valence-electron chi connectivity index (χ0n) is 22.7. The largest absolute Gasteiger partial charge is 0.444 e. The molecule has 1 saturated heterocycles. The molecule has 0 aromatic carbocycles. The van der Waals surface area contributed by atoms with Gasteiger partial charge in [0.1, 0.15) is 11.3 Å². The maximum absolute atomic E-state index is 13.8. The number of pyridine rings is 1. The van der Waals surface area contributed by atoms with Gasteiger partial charge in [-0.1, -0.05) is 6.92 Å². The molecule has 0 radical (unpaired) electrons. The van der Waals surface area contributed by atoms with Crippen LogP contribution in [0.1, 0.15) is 62.3 Å². The van der Waals surface area contributed by atoms with E-state index in [9.17, 15) is 9.59 Å². The number of rotatable bonds is 7. The van der Waals surface area contributed by atoms with Crippen molar-refractivity contribution in [1.29, 1.82) is 0 Å². The van der Waals surface area contributed by atoms with Crippen molar-refractivity contribution in [3.8, 4) is 11.1 Å². The highest BCUT2D eigenvalue weighted by atomic mass is 79.9. The van der Waals surface area contributed by atoms with Gasteiger partial charge in [-0.15, -0.1) is 0 Å². The summed E-state index contributed by atoms with van der Waals surface area (Å²) in [4.78, 5) is 32.3. The van der Waals surface area contributed by atoms with E-state index >= 15 is 0 Å². The van der Waals surface area contributed by atoms with E-state index in [1.54, 1.807) is 24.4 Å². The molecule has 0 unspecified atom stereocenters. The van der Waals surface area contributed by atoms with Crippen LogP contribution in [0, 0.1) is 5.92 Å². The van der Waals surface area contributed by atoms with E-state index in [1.807, 2.05) is 43.5 Å². The van der Waals surface area contributed by atoms with Gasteiger partial charge in [-0.3, -0.25) is 9.78 Å². The maximum Gasteiger partial charge on any atom is 0.410 e. The van der Waals surface area contributed by atoms with Crippen molar-refractivity contribution < 1.29 is 19.1 Å². The number of carbonyl (C=O) groups is 2. The number of carbonyl (C=O) groups excluding carboxylic acids is 2. The zero-order valence-corrected chi connectivity index (χ0v) is 24.3. The summed E-state index contributed by atoms with van der Waals surface area (Å²) in [6, 6.07) is 6.00. The second kappa shape index (κ2) is 11.8. The molecule has 1 aliphatic rings. The molecule has 2 amide bonds. The first kappa shape index (κ1) is 28.0. The van der Waals surface area contributed by atoms with Crippen LogP contribution in [0.2, 0.25) is 0 Å². The van der Waals surface area contributed by atoms with E-state index in [0.717, 1.165) is 46.1 Å². The molecule has 10 heteroatoms. The number of hydrogen-bond donors (Lipinski definition) is 1. The van der Waals surface area contributed by atoms with Gasteiger partial charge in [0.25, 0.3) is 5.91 Å². The zero-order chi connectivity index (χ0) is 27.4. The molecule has 3 aromatic rings. The van der Waals surface area contributed by atoms with Crippen molar-refractivity contribution in [2.24, 2.45) is 5.92 Å². The molecule has 38 heavy (non-hydrogen) atoms. The third kappa shape index (κ3) is 6.35. The van der Waals surface area contributed by atoms with E-state index in [2.05, 4.69) is 33.2 Å². The molecule has 4 heterocycles. The van der Waals surface area contributed by atoms with E-state index in [1.165, 1.54) is 0 Å². The Morgan fingerprint density at radius 1 is 1.18 bits per heavy atom. The lowest BCUT2D eigenvalue weighted by atomic mass is 9.96. The van der Waals surface area contributed by atoms with Crippen LogP contribution in [0.4, 0.5) is 4.79 Å². The van der Waals surface area contributed by atoms with Gasteiger partial charge in [-0.25, -0.2) is 9.31 Å². The summed E-state index contributed by atoms with van der Waals surface area (Å²) in [6.45, 7) is 9.60. The van der Waals surface area contributed by atoms with E-state index in [0.29, 0.717) is 30.9 Å². The van der Waals surface area contributed by atoms with Crippen LogP contribution < -0.4 is 5.32 Å². The number of halogens is 1. The van der Waals surface area contributed by atoms with Crippen LogP contribution in [-0.2, 0) is 22.5 Å². The lowest BCUT2D eigenvalue weighted by Crippen LogP contribution is -2.43. The summed E-state index contributed by atoms with van der Waals surface area (Å²) in [5, 5.41) is 7.97. The molecule has 0 spiro atoms. The first-order chi connectivity index (χ1) is 18.1. The smallest absolute Gasteiger partial charge is 0.410 e. The number of ether oxygens (including phenoxy) is 2. The molecule has 3 aromatic heterocycles. The molecule has 9 nitrogen and oxygen atoms in total. The number of likely N-dealkylation sites (tertiary alicyclic amines) is 1. The molecule has 204 valence electrons. The average Bonchev–Trinajstić information content (AvgIpc) is 3.28. The predicted octanol–water partition coefficient (Wildman–Crippen LogP) is 5.24. The number of fused-ring (bicyclic) bond motifs is 1. The van der Waals surface area contributed by atoms with Gasteiger partial charge in [-0.05, 0) is 80.1 Å². The molecule has 1 N–H and O–H groups in total. The van der Waals surface area contributed by atoms with Gasteiger partial charge >= 0.3 is 6.09 Å². The van der Waals surface area contributed by atoms with E-state index in [-0.39, 0.29) is 24.5 Å². The lowest BCUT2D eigenvalue weighted by molar-refractivity contribution is 0.0183. The third-order valence-corrected chi connectivity index (χ3v) is 7.06. The minimum Gasteiger partial charge on any atom is -0.444 e. The maximum atomic E-state index is 13.8. The Balaban J connectivity index is 1.58. The fourth-order valence-electron chi connectivity index (χ4n) is 4.78. The highest BCUT2D eigenvalue weighted by Gasteiger charge is 2.28. The summed E-state index contributed by atoms with van der Waals surface area (Å²) >= 11 is 3.52. The average molecular weight is 587 g/mol. The number of amides is 2. The van der Waals surface area contributed by atoms with Gasteiger partial charge in [0.2, 0.25) is 0 Å². The molecule has 0 bridgehead atoms. The van der Waals surface area contributed by atoms with Crippen molar-refractivity contribution in [3.63, 3.8) is 0 Å². The number of aromatic nitrogens is 3. The Morgan fingerprint density at radius 2 is 1.92 bits per heavy atom. The number of hydrogen-bond acceptors (Lipinski definition) is 6. The Bertz CT molecular complexity index is 1310. The lowest BCUT2D eigenvalue weighted by Gasteiger charge is -2.33. The second-order valence-electron chi connectivity index (χ2n) is 10.6. The molecule has 0 atom stereocenters. The van der Waals surface area contributed by atoms with Crippen LogP contribution in [0.5, 0.6) is 0 Å².